The lowest BCUT2D eigenvalue weighted by Gasteiger charge is -2.54. The van der Waals surface area contributed by atoms with Crippen LogP contribution in [0.3, 0.4) is 0 Å². The Balaban J connectivity index is 1.28. The maximum atomic E-state index is 13.0. The fraction of sp³-hybridized carbons (Fsp3) is 0.929. The van der Waals surface area contributed by atoms with Crippen LogP contribution in [-0.4, -0.2) is 458 Å². The number of aliphatic hydroxyl groups excluding tert-OH is 22. The number of carboxylic acid groups (broad SMARTS) is 2. The van der Waals surface area contributed by atoms with Gasteiger partial charge in [0.15, 0.2) is 50.1 Å². The number of hydrogen-bond acceptors (Lipinski definition) is 44. The van der Waals surface area contributed by atoms with Crippen molar-refractivity contribution in [3.63, 3.8) is 0 Å². The highest BCUT2D eigenvalue weighted by Crippen LogP contribution is 2.47. The molecule has 50 nitrogen and oxygen atoms in total. The van der Waals surface area contributed by atoms with Gasteiger partial charge in [0.2, 0.25) is 11.8 Å². The van der Waals surface area contributed by atoms with Crippen molar-refractivity contribution >= 4 is 31.6 Å². The second-order valence-electron chi connectivity index (χ2n) is 26.4. The van der Waals surface area contributed by atoms with Crippen LogP contribution in [0.4, 0.5) is 0 Å². The summed E-state index contributed by atoms with van der Waals surface area (Å²) in [6.45, 7) is -4.96. The van der Waals surface area contributed by atoms with Gasteiger partial charge in [-0.2, -0.15) is 0 Å². The number of amides is 2. The van der Waals surface area contributed by atoms with Crippen LogP contribution >= 0.6 is 7.82 Å². The van der Waals surface area contributed by atoms with Gasteiger partial charge in [-0.1, -0.05) is 0 Å². The molecule has 0 aliphatic carbocycles. The van der Waals surface area contributed by atoms with Gasteiger partial charge in [0, 0.05) is 20.3 Å². The molecule has 0 aromatic heterocycles. The minimum absolute atomic E-state index is 0.746. The minimum atomic E-state index is -6.08. The number of aliphatic carboxylic acids is 2. The van der Waals surface area contributed by atoms with E-state index in [-0.39, 0.29) is 0 Å². The first-order valence-electron chi connectivity index (χ1n) is 33.0. The SMILES string of the molecule is CC(=O)N[C@@H]1[C@@H](O)[C@H](O[C@H]2[C@@H](O)[C@@H](CO)O[C@@H](O[C@H]3[C@H](O)[C@@H](O)[C@H](O[C@H]4[C@H](O[C@H]5O[C@H]([C@@H](O)CO)[C@@H](O)[C@H](O)[C@@H]5O[C@@H]5O[C@H](CO)[C@H](O)[C@H](O)[C@H]5O)[C@H](O[C@@H]5O[C@H](C(=O)O)[C@@H](O)[C@H](O)[C@H]5O)[C@@H](O[C@H]5[C@@H]([C@H](O)CO)OC(O)(C(=O)O)C[C@H]5OP(=O)(O)O)O[C@@H]4[C@@H](O)CO)O[C@@H]3CO)[C@@H]2NC(C)=O)O[C@H](C)[C@H]1O. The normalized spacial score (nSPS) is 47.4. The first-order valence-corrected chi connectivity index (χ1v) is 34.5. The molecular weight excluding hydrogens is 1500 g/mol. The minimum Gasteiger partial charge on any atom is -0.479 e. The molecule has 51 heteroatoms. The zero-order valence-corrected chi connectivity index (χ0v) is 57.1. The van der Waals surface area contributed by atoms with Crippen molar-refractivity contribution in [1.29, 1.82) is 0 Å². The summed E-state index contributed by atoms with van der Waals surface area (Å²) in [6.07, 6.45) is -96.8. The summed E-state index contributed by atoms with van der Waals surface area (Å²) in [5.74, 6) is -9.88. The van der Waals surface area contributed by atoms with E-state index >= 15 is 0 Å². The van der Waals surface area contributed by atoms with Crippen LogP contribution < -0.4 is 10.6 Å². The molecule has 620 valence electrons. The summed E-state index contributed by atoms with van der Waals surface area (Å²) < 4.78 is 106. The van der Waals surface area contributed by atoms with Crippen LogP contribution in [0, 0.1) is 0 Å². The average molecular weight is 1590 g/mol. The molecule has 42 atom stereocenters. The largest absolute Gasteiger partial charge is 0.479 e. The highest BCUT2D eigenvalue weighted by molar-refractivity contribution is 7.46. The maximum absolute atomic E-state index is 13.0. The van der Waals surface area contributed by atoms with Crippen LogP contribution in [0.2, 0.25) is 0 Å². The van der Waals surface area contributed by atoms with Crippen LogP contribution in [-0.2, 0) is 99.3 Å². The number of rotatable bonds is 29. The molecule has 8 aliphatic rings. The number of hydrogen-bond donors (Lipinski definition) is 29. The van der Waals surface area contributed by atoms with Crippen molar-refractivity contribution in [2.45, 2.75) is 284 Å². The molecule has 8 rings (SSSR count). The number of carbonyl (C=O) groups is 4. The van der Waals surface area contributed by atoms with Gasteiger partial charge in [0.25, 0.3) is 5.79 Å². The topological polar surface area (TPSA) is 803 Å². The Bertz CT molecular complexity index is 2930. The van der Waals surface area contributed by atoms with E-state index in [0.717, 1.165) is 13.8 Å². The number of ether oxygens (including phenoxy) is 15. The third-order valence-corrected chi connectivity index (χ3v) is 19.4. The monoisotopic (exact) mass is 1590 g/mol. The predicted octanol–water partition coefficient (Wildman–Crippen LogP) is -18.4. The molecule has 0 aromatic rings. The fourth-order valence-corrected chi connectivity index (χ4v) is 13.9. The van der Waals surface area contributed by atoms with E-state index in [1.54, 1.807) is 0 Å². The molecule has 8 aliphatic heterocycles. The van der Waals surface area contributed by atoms with E-state index in [1.807, 2.05) is 0 Å². The van der Waals surface area contributed by atoms with Gasteiger partial charge in [0.1, 0.15) is 189 Å². The number of phosphoric ester groups is 1. The zero-order chi connectivity index (χ0) is 79.7. The number of carbonyl (C=O) groups excluding carboxylic acids is 2. The van der Waals surface area contributed by atoms with E-state index in [0.29, 0.717) is 0 Å². The highest BCUT2D eigenvalue weighted by atomic mass is 31.2. The van der Waals surface area contributed by atoms with E-state index in [1.165, 1.54) is 6.92 Å². The number of nitrogens with one attached hydrogen (secondary N) is 2. The number of carboxylic acids is 2. The van der Waals surface area contributed by atoms with Crippen molar-refractivity contribution in [3.8, 4) is 0 Å². The third-order valence-electron chi connectivity index (χ3n) is 18.9. The molecule has 8 heterocycles. The summed E-state index contributed by atoms with van der Waals surface area (Å²) in [7, 11) is -6.08. The second kappa shape index (κ2) is 37.2. The lowest BCUT2D eigenvalue weighted by Crippen LogP contribution is -2.72. The van der Waals surface area contributed by atoms with Crippen LogP contribution in [0.5, 0.6) is 0 Å². The molecule has 1 unspecified atom stereocenters. The van der Waals surface area contributed by atoms with Crippen molar-refractivity contribution in [2.24, 2.45) is 0 Å². The molecule has 0 radical (unpaired) electrons. The molecule has 2 amide bonds. The molecule has 8 fully saturated rings. The molecule has 107 heavy (non-hydrogen) atoms. The Kier molecular flexibility index (Phi) is 30.9. The Labute approximate surface area is 601 Å². The predicted molar refractivity (Wildman–Crippen MR) is 321 cm³/mol. The van der Waals surface area contributed by atoms with Crippen LogP contribution in [0.15, 0.2) is 0 Å². The van der Waals surface area contributed by atoms with Crippen LogP contribution in [0.1, 0.15) is 27.2 Å². The van der Waals surface area contributed by atoms with Crippen molar-refractivity contribution < 1.29 is 237 Å². The van der Waals surface area contributed by atoms with Gasteiger partial charge in [-0.05, 0) is 6.92 Å². The summed E-state index contributed by atoms with van der Waals surface area (Å²) >= 11 is 0. The molecule has 8 saturated heterocycles. The Morgan fingerprint density at radius 3 is 1.41 bits per heavy atom. The standard InChI is InChI=1S/C56H93N2O48P/c1-11-23(70)21(57-12(2)65)26(73)49(91-11)99-41-22(58-13(3)66)48(92-19(9-63)25(41)72)97-39-20(10-64)94-51(35(82)32(39)79)102-44-37(15(68)6-60)96-54(98-40-17(106-107(88,89)90)4-56(87,55(85)86)105-38(40)16(69)7-61)46(104-52-34(81)28(75)29(76)42(100-52)47(83)84)45(44)103-53-43(31(78)30(77)36(95-53)14(67)5-59)101-50-33(80)27(74)24(71)18(8-62)93-50/h11,14-46,48-54,59-64,67-82,87H,4-10H2,1-3H3,(H,57,65)(H,58,66)(H,83,84)(H,85,86)(H2,88,89,90)/t11-,14+,15+,16-,17-,18-,19-,20-,21+,22-,23-,24+,25+,26-,27+,28+,29+,30+,31+,32-,33-,34-,35-,36-,37-,38-,39-,40-,41-,42+,43+,44-,45+,46+,48+,49+,50+,51+,52+,53-,54-,56?/m1/s1. The summed E-state index contributed by atoms with van der Waals surface area (Å²) in [5.41, 5.74) is 0. The van der Waals surface area contributed by atoms with E-state index in [9.17, 15) is 161 Å². The number of aliphatic hydroxyl groups is 23. The second-order valence-corrected chi connectivity index (χ2v) is 27.6. The summed E-state index contributed by atoms with van der Waals surface area (Å²) in [5, 5.41) is 282. The highest BCUT2D eigenvalue weighted by Gasteiger charge is 2.64. The summed E-state index contributed by atoms with van der Waals surface area (Å²) in [4.78, 5) is 70.8. The molecule has 0 aromatic carbocycles. The smallest absolute Gasteiger partial charge is 0.469 e. The fourth-order valence-electron chi connectivity index (χ4n) is 13.3. The molecule has 29 N–H and O–H groups in total. The Hall–Kier alpha value is -3.53. The number of phosphoric acid groups is 1. The van der Waals surface area contributed by atoms with Gasteiger partial charge in [0.05, 0.1) is 51.8 Å². The van der Waals surface area contributed by atoms with E-state index < -0.39 is 335 Å². The van der Waals surface area contributed by atoms with Gasteiger partial charge < -0.3 is 219 Å². The molecular formula is C56H93N2O48P. The first-order chi connectivity index (χ1) is 50.1. The Morgan fingerprint density at radius 2 is 0.860 bits per heavy atom. The lowest BCUT2D eigenvalue weighted by molar-refractivity contribution is -0.429. The van der Waals surface area contributed by atoms with Crippen molar-refractivity contribution in [2.75, 3.05) is 39.6 Å². The van der Waals surface area contributed by atoms with E-state index in [4.69, 9.17) is 75.6 Å². The molecule has 0 saturated carbocycles. The molecule has 0 bridgehead atoms. The Morgan fingerprint density at radius 1 is 0.430 bits per heavy atom. The maximum Gasteiger partial charge on any atom is 0.469 e. The summed E-state index contributed by atoms with van der Waals surface area (Å²) in [6, 6.07) is -3.41. The van der Waals surface area contributed by atoms with Gasteiger partial charge in [-0.25, -0.2) is 14.2 Å². The van der Waals surface area contributed by atoms with Gasteiger partial charge in [-0.3, -0.25) is 14.1 Å². The average Bonchev–Trinajstić information content (AvgIpc) is 0.747. The third kappa shape index (κ3) is 19.6. The van der Waals surface area contributed by atoms with Crippen LogP contribution in [0.25, 0.3) is 0 Å². The van der Waals surface area contributed by atoms with Crippen molar-refractivity contribution in [1.82, 2.24) is 10.6 Å². The van der Waals surface area contributed by atoms with Gasteiger partial charge >= 0.3 is 19.8 Å². The van der Waals surface area contributed by atoms with Gasteiger partial charge in [-0.15, -0.1) is 0 Å². The lowest BCUT2D eigenvalue weighted by atomic mass is 9.91. The first kappa shape index (κ1) is 89.0. The quantitative estimate of drug-likeness (QED) is 0.0309. The van der Waals surface area contributed by atoms with E-state index in [2.05, 4.69) is 10.6 Å². The molecule has 0 spiro atoms. The zero-order valence-electron chi connectivity index (χ0n) is 56.2. The van der Waals surface area contributed by atoms with Crippen molar-refractivity contribution in [3.05, 3.63) is 0 Å².